The van der Waals surface area contributed by atoms with Crippen molar-refractivity contribution in [3.05, 3.63) is 12.2 Å². The lowest BCUT2D eigenvalue weighted by Crippen LogP contribution is -2.47. The third-order valence-electron chi connectivity index (χ3n) is 5.28. The molecule has 0 amide bonds. The van der Waals surface area contributed by atoms with Gasteiger partial charge in [-0.2, -0.15) is 0 Å². The van der Waals surface area contributed by atoms with E-state index in [2.05, 4.69) is 20.8 Å². The van der Waals surface area contributed by atoms with Crippen LogP contribution in [-0.2, 0) is 28.3 Å². The molecule has 174 valence electrons. The maximum absolute atomic E-state index is 12.7. The SMILES string of the molecule is CCCCOC(=O)/C=C/C(=O)OC(CCCC)(CCCC)C(CCCC)C(=O)O[SiH3]. The van der Waals surface area contributed by atoms with E-state index in [1.165, 1.54) is 0 Å². The minimum Gasteiger partial charge on any atom is -0.528 e. The van der Waals surface area contributed by atoms with Crippen LogP contribution in [0.3, 0.4) is 0 Å². The molecule has 0 aliphatic carbocycles. The van der Waals surface area contributed by atoms with Gasteiger partial charge in [-0.25, -0.2) is 9.59 Å². The molecule has 0 rings (SSSR count). The van der Waals surface area contributed by atoms with E-state index >= 15 is 0 Å². The van der Waals surface area contributed by atoms with Crippen molar-refractivity contribution in [3.63, 3.8) is 0 Å². The minimum atomic E-state index is -0.907. The number of hydrogen-bond acceptors (Lipinski definition) is 6. The van der Waals surface area contributed by atoms with Crippen LogP contribution in [0.5, 0.6) is 0 Å². The van der Waals surface area contributed by atoms with E-state index in [1.807, 2.05) is 6.92 Å². The first-order valence-corrected chi connectivity index (χ1v) is 12.4. The fourth-order valence-electron chi connectivity index (χ4n) is 3.48. The van der Waals surface area contributed by atoms with Gasteiger partial charge in [0.25, 0.3) is 5.97 Å². The zero-order valence-corrected chi connectivity index (χ0v) is 21.7. The summed E-state index contributed by atoms with van der Waals surface area (Å²) in [4.78, 5) is 37.1. The molecule has 0 aromatic heterocycles. The second kappa shape index (κ2) is 17.1. The number of carbonyl (C=O) groups is 3. The normalized spacial score (nSPS) is 12.7. The second-order valence-corrected chi connectivity index (χ2v) is 8.17. The Balaban J connectivity index is 5.62. The predicted octanol–water partition coefficient (Wildman–Crippen LogP) is 4.18. The smallest absolute Gasteiger partial charge is 0.331 e. The van der Waals surface area contributed by atoms with Crippen LogP contribution >= 0.6 is 0 Å². The summed E-state index contributed by atoms with van der Waals surface area (Å²) < 4.78 is 16.3. The number of hydrogen-bond donors (Lipinski definition) is 0. The van der Waals surface area contributed by atoms with Crippen molar-refractivity contribution in [2.45, 2.75) is 104 Å². The summed E-state index contributed by atoms with van der Waals surface area (Å²) in [5, 5.41) is 0. The Hall–Kier alpha value is -1.63. The molecule has 0 N–H and O–H groups in total. The van der Waals surface area contributed by atoms with Crippen LogP contribution in [0.4, 0.5) is 0 Å². The summed E-state index contributed by atoms with van der Waals surface area (Å²) in [5.74, 6) is -1.94. The number of unbranched alkanes of at least 4 members (excludes halogenated alkanes) is 4. The van der Waals surface area contributed by atoms with Crippen molar-refractivity contribution in [3.8, 4) is 0 Å². The fourth-order valence-corrected chi connectivity index (χ4v) is 3.77. The Bertz CT molecular complexity index is 524. The summed E-state index contributed by atoms with van der Waals surface area (Å²) in [7, 11) is 0.306. The van der Waals surface area contributed by atoms with E-state index in [0.29, 0.717) is 36.4 Å². The van der Waals surface area contributed by atoms with Crippen LogP contribution in [0.2, 0.25) is 0 Å². The van der Waals surface area contributed by atoms with Crippen molar-refractivity contribution in [2.24, 2.45) is 5.92 Å². The van der Waals surface area contributed by atoms with E-state index in [4.69, 9.17) is 13.9 Å². The molecule has 0 aromatic rings. The van der Waals surface area contributed by atoms with Gasteiger partial charge in [0, 0.05) is 12.2 Å². The lowest BCUT2D eigenvalue weighted by atomic mass is 9.76. The zero-order chi connectivity index (χ0) is 22.8. The van der Waals surface area contributed by atoms with Gasteiger partial charge in [0.1, 0.15) is 5.60 Å². The summed E-state index contributed by atoms with van der Waals surface area (Å²) >= 11 is 0. The highest BCUT2D eigenvalue weighted by atomic mass is 28.2. The molecule has 30 heavy (non-hydrogen) atoms. The van der Waals surface area contributed by atoms with Crippen LogP contribution < -0.4 is 0 Å². The fraction of sp³-hybridized carbons (Fsp3) is 0.783. The molecule has 0 aromatic carbocycles. The van der Waals surface area contributed by atoms with Crippen LogP contribution in [0.25, 0.3) is 0 Å². The molecule has 7 heteroatoms. The molecule has 0 fully saturated rings. The molecule has 0 aliphatic rings. The van der Waals surface area contributed by atoms with Crippen molar-refractivity contribution in [1.82, 2.24) is 0 Å². The van der Waals surface area contributed by atoms with Gasteiger partial charge in [-0.1, -0.05) is 59.8 Å². The molecule has 0 radical (unpaired) electrons. The molecular weight excluding hydrogens is 400 g/mol. The third kappa shape index (κ3) is 10.9. The number of ether oxygens (including phenoxy) is 2. The lowest BCUT2D eigenvalue weighted by Gasteiger charge is -2.39. The van der Waals surface area contributed by atoms with Gasteiger partial charge in [-0.15, -0.1) is 0 Å². The first-order valence-electron chi connectivity index (χ1n) is 11.6. The average Bonchev–Trinajstić information content (AvgIpc) is 2.74. The topological polar surface area (TPSA) is 78.9 Å². The highest BCUT2D eigenvalue weighted by Crippen LogP contribution is 2.38. The van der Waals surface area contributed by atoms with Gasteiger partial charge >= 0.3 is 11.9 Å². The molecule has 1 unspecified atom stereocenters. The van der Waals surface area contributed by atoms with Gasteiger partial charge in [-0.05, 0) is 38.5 Å². The summed E-state index contributed by atoms with van der Waals surface area (Å²) in [5.41, 5.74) is -0.907. The van der Waals surface area contributed by atoms with Gasteiger partial charge in [0.15, 0.2) is 0 Å². The van der Waals surface area contributed by atoms with E-state index < -0.39 is 23.5 Å². The Labute approximate surface area is 185 Å². The molecule has 0 heterocycles. The van der Waals surface area contributed by atoms with Crippen LogP contribution in [0.15, 0.2) is 12.2 Å². The second-order valence-electron chi connectivity index (χ2n) is 7.77. The largest absolute Gasteiger partial charge is 0.528 e. The monoisotopic (exact) mass is 442 g/mol. The maximum Gasteiger partial charge on any atom is 0.331 e. The molecule has 0 spiro atoms. The van der Waals surface area contributed by atoms with Gasteiger partial charge in [0.2, 0.25) is 10.5 Å². The van der Waals surface area contributed by atoms with Crippen molar-refractivity contribution in [1.29, 1.82) is 0 Å². The summed E-state index contributed by atoms with van der Waals surface area (Å²) in [6.07, 6.45) is 11.1. The van der Waals surface area contributed by atoms with E-state index in [9.17, 15) is 14.4 Å². The van der Waals surface area contributed by atoms with Crippen molar-refractivity contribution in [2.75, 3.05) is 6.61 Å². The Morgan fingerprint density at radius 1 is 0.833 bits per heavy atom. The number of rotatable bonds is 17. The predicted molar refractivity (Wildman–Crippen MR) is 122 cm³/mol. The Morgan fingerprint density at radius 3 is 1.87 bits per heavy atom. The molecule has 0 saturated heterocycles. The first-order chi connectivity index (χ1) is 14.4. The highest BCUT2D eigenvalue weighted by molar-refractivity contribution is 6.06. The maximum atomic E-state index is 12.7. The van der Waals surface area contributed by atoms with Crippen LogP contribution in [0.1, 0.15) is 98.3 Å². The van der Waals surface area contributed by atoms with E-state index in [1.54, 1.807) is 0 Å². The van der Waals surface area contributed by atoms with Gasteiger partial charge in [0.05, 0.1) is 12.5 Å². The molecule has 1 atom stereocenters. The molecule has 0 aliphatic heterocycles. The quantitative estimate of drug-likeness (QED) is 0.146. The van der Waals surface area contributed by atoms with E-state index in [0.717, 1.165) is 63.5 Å². The Kier molecular flexibility index (Phi) is 16.2. The summed E-state index contributed by atoms with van der Waals surface area (Å²) in [6.45, 7) is 8.56. The van der Waals surface area contributed by atoms with Crippen molar-refractivity contribution >= 4 is 28.4 Å². The van der Waals surface area contributed by atoms with Crippen LogP contribution in [-0.4, -0.2) is 40.6 Å². The molecular formula is C23H42O6Si. The average molecular weight is 443 g/mol. The standard InChI is InChI=1S/C23H42O6Si/c1-5-9-13-19(22(26)29-30)23(16-10-6-2,17-11-7-3)28-21(25)15-14-20(24)27-18-12-8-4/h14-15,19H,5-13,16-18H2,1-4,30H3/b15-14+. The molecule has 6 nitrogen and oxygen atoms in total. The third-order valence-corrected chi connectivity index (χ3v) is 5.68. The number of esters is 2. The van der Waals surface area contributed by atoms with E-state index in [-0.39, 0.29) is 5.97 Å². The van der Waals surface area contributed by atoms with Gasteiger partial charge in [-0.3, -0.25) is 4.79 Å². The number of carbonyl (C=O) groups excluding carboxylic acids is 3. The zero-order valence-electron chi connectivity index (χ0n) is 19.7. The molecule has 0 saturated carbocycles. The van der Waals surface area contributed by atoms with Crippen LogP contribution in [0, 0.1) is 5.92 Å². The highest BCUT2D eigenvalue weighted by Gasteiger charge is 2.45. The lowest BCUT2D eigenvalue weighted by molar-refractivity contribution is -0.172. The van der Waals surface area contributed by atoms with Gasteiger partial charge < -0.3 is 13.9 Å². The van der Waals surface area contributed by atoms with Crippen molar-refractivity contribution < 1.29 is 28.3 Å². The summed E-state index contributed by atoms with van der Waals surface area (Å²) in [6, 6.07) is 0. The Morgan fingerprint density at radius 2 is 1.37 bits per heavy atom. The first kappa shape index (κ1) is 28.4. The molecule has 0 bridgehead atoms. The minimum absolute atomic E-state index is 0.280.